The molecule has 5 heteroatoms. The predicted octanol–water partition coefficient (Wildman–Crippen LogP) is 2.18. The largest absolute Gasteiger partial charge is 0.178 e. The van der Waals surface area contributed by atoms with Gasteiger partial charge in [-0.2, -0.15) is 62.3 Å². The van der Waals surface area contributed by atoms with Gasteiger partial charge in [-0.05, 0) is 0 Å². The smallest absolute Gasteiger partial charge is 0.0224 e. The molecule has 0 heterocycles. The second kappa shape index (κ2) is 8.35. The normalized spacial score (nSPS) is 13.9. The summed E-state index contributed by atoms with van der Waals surface area (Å²) < 4.78 is 0. The van der Waals surface area contributed by atoms with Crippen LogP contribution in [0.1, 0.15) is 0 Å². The maximum absolute atomic E-state index is 4.34. The molecule has 68 valence electrons. The van der Waals surface area contributed by atoms with E-state index in [9.17, 15) is 0 Å². The molecule has 0 bridgehead atoms. The summed E-state index contributed by atoms with van der Waals surface area (Å²) in [6, 6.07) is 0. The van der Waals surface area contributed by atoms with E-state index in [1.807, 2.05) is 11.8 Å². The van der Waals surface area contributed by atoms with Crippen molar-refractivity contribution in [2.24, 2.45) is 0 Å². The molecule has 0 rings (SSSR count). The van der Waals surface area contributed by atoms with E-state index in [2.05, 4.69) is 50.5 Å². The number of hydrogen-bond donors (Lipinski definition) is 4. The molecule has 0 radical (unpaired) electrons. The lowest BCUT2D eigenvalue weighted by Crippen LogP contribution is -2.12. The van der Waals surface area contributed by atoms with Gasteiger partial charge in [0.25, 0.3) is 0 Å². The Kier molecular flexibility index (Phi) is 9.68. The van der Waals surface area contributed by atoms with Crippen LogP contribution in [0.3, 0.4) is 0 Å². The average molecular weight is 247 g/mol. The lowest BCUT2D eigenvalue weighted by atomic mass is 10.5. The molecule has 1 unspecified atom stereocenters. The Morgan fingerprint density at radius 2 is 1.55 bits per heavy atom. The average Bonchev–Trinajstić information content (AvgIpc) is 2.06. The van der Waals surface area contributed by atoms with E-state index in [-0.39, 0.29) is 0 Å². The Balaban J connectivity index is 3.34. The van der Waals surface area contributed by atoms with Crippen molar-refractivity contribution in [3.8, 4) is 0 Å². The van der Waals surface area contributed by atoms with Crippen LogP contribution in [0.25, 0.3) is 0 Å². The maximum Gasteiger partial charge on any atom is 0.0224 e. The molecule has 0 spiro atoms. The minimum absolute atomic E-state index is 0.394. The zero-order valence-corrected chi connectivity index (χ0v) is 10.6. The standard InChI is InChI=1S/C6H14S5/c7-1-5(10)4-11-6(2-8)3-9/h5-10H,1-4H2. The Hall–Kier alpha value is 1.75. The van der Waals surface area contributed by atoms with Crippen molar-refractivity contribution < 1.29 is 0 Å². The zero-order valence-electron chi connectivity index (χ0n) is 6.18. The molecule has 11 heavy (non-hydrogen) atoms. The monoisotopic (exact) mass is 246 g/mol. The zero-order chi connectivity index (χ0) is 8.69. The summed E-state index contributed by atoms with van der Waals surface area (Å²) in [6.07, 6.45) is 0. The minimum Gasteiger partial charge on any atom is -0.178 e. The van der Waals surface area contributed by atoms with E-state index in [0.717, 1.165) is 23.0 Å². The van der Waals surface area contributed by atoms with Crippen molar-refractivity contribution in [3.63, 3.8) is 0 Å². The van der Waals surface area contributed by atoms with Gasteiger partial charge in [0, 0.05) is 33.5 Å². The molecule has 0 aromatic rings. The third-order valence-corrected chi connectivity index (χ3v) is 5.26. The third-order valence-electron chi connectivity index (χ3n) is 1.14. The molecule has 0 nitrogen and oxygen atoms in total. The summed E-state index contributed by atoms with van der Waals surface area (Å²) in [7, 11) is 0. The van der Waals surface area contributed by atoms with Gasteiger partial charge in [0.1, 0.15) is 0 Å². The maximum atomic E-state index is 4.34. The van der Waals surface area contributed by atoms with Crippen LogP contribution in [0, 0.1) is 0 Å². The quantitative estimate of drug-likeness (QED) is 0.521. The van der Waals surface area contributed by atoms with Gasteiger partial charge in [-0.25, -0.2) is 0 Å². The molecule has 0 saturated carbocycles. The van der Waals surface area contributed by atoms with E-state index < -0.39 is 0 Å². The van der Waals surface area contributed by atoms with E-state index >= 15 is 0 Å². The van der Waals surface area contributed by atoms with Gasteiger partial charge in [0.15, 0.2) is 0 Å². The number of thiol groups is 4. The first kappa shape index (κ1) is 12.8. The summed E-state index contributed by atoms with van der Waals surface area (Å²) in [6.45, 7) is 0. The van der Waals surface area contributed by atoms with Crippen LogP contribution in [0.4, 0.5) is 0 Å². The van der Waals surface area contributed by atoms with Gasteiger partial charge in [-0.1, -0.05) is 0 Å². The van der Waals surface area contributed by atoms with Crippen molar-refractivity contribution in [1.29, 1.82) is 0 Å². The van der Waals surface area contributed by atoms with Gasteiger partial charge in [-0.3, -0.25) is 0 Å². The van der Waals surface area contributed by atoms with E-state index in [1.165, 1.54) is 0 Å². The Labute approximate surface area is 95.3 Å². The van der Waals surface area contributed by atoms with Gasteiger partial charge in [-0.15, -0.1) is 0 Å². The number of hydrogen-bond acceptors (Lipinski definition) is 5. The molecule has 0 aliphatic carbocycles. The van der Waals surface area contributed by atoms with E-state index in [4.69, 9.17) is 0 Å². The Morgan fingerprint density at radius 3 is 1.91 bits per heavy atom. The van der Waals surface area contributed by atoms with Crippen LogP contribution in [0.15, 0.2) is 0 Å². The number of thioether (sulfide) groups is 1. The third kappa shape index (κ3) is 6.87. The molecule has 0 aliphatic heterocycles. The van der Waals surface area contributed by atoms with E-state index in [1.54, 1.807) is 0 Å². The highest BCUT2D eigenvalue weighted by Gasteiger charge is 2.07. The Morgan fingerprint density at radius 1 is 1.00 bits per heavy atom. The first-order valence-corrected chi connectivity index (χ1v) is 6.83. The van der Waals surface area contributed by atoms with E-state index in [0.29, 0.717) is 10.5 Å². The fraction of sp³-hybridized carbons (Fsp3) is 1.00. The molecule has 1 atom stereocenters. The summed E-state index contributed by atoms with van der Waals surface area (Å²) in [5.74, 6) is 3.66. The van der Waals surface area contributed by atoms with Crippen LogP contribution < -0.4 is 0 Å². The van der Waals surface area contributed by atoms with Crippen molar-refractivity contribution >= 4 is 62.3 Å². The molecule has 0 aromatic heterocycles. The molecule has 0 saturated heterocycles. The summed E-state index contributed by atoms with van der Waals surface area (Å²) in [5, 5.41) is 0.946. The van der Waals surface area contributed by atoms with Crippen molar-refractivity contribution in [2.45, 2.75) is 10.5 Å². The molecule has 0 aromatic carbocycles. The SMILES string of the molecule is SCC(S)CSC(CS)CS. The highest BCUT2D eigenvalue weighted by atomic mass is 32.2. The van der Waals surface area contributed by atoms with Crippen molar-refractivity contribution in [1.82, 2.24) is 0 Å². The van der Waals surface area contributed by atoms with Gasteiger partial charge in [0.2, 0.25) is 0 Å². The molecule has 0 aliphatic rings. The van der Waals surface area contributed by atoms with Gasteiger partial charge in [0.05, 0.1) is 0 Å². The second-order valence-electron chi connectivity index (χ2n) is 2.16. The minimum atomic E-state index is 0.394. The summed E-state index contributed by atoms with van der Waals surface area (Å²) in [4.78, 5) is 0. The Bertz CT molecular complexity index is 83.0. The molecular weight excluding hydrogens is 232 g/mol. The van der Waals surface area contributed by atoms with Gasteiger partial charge >= 0.3 is 0 Å². The summed E-state index contributed by atoms with van der Waals surface area (Å²) in [5.41, 5.74) is 0. The lowest BCUT2D eigenvalue weighted by molar-refractivity contribution is 1.12. The topological polar surface area (TPSA) is 0 Å². The molecule has 0 fully saturated rings. The molecular formula is C6H14S5. The predicted molar refractivity (Wildman–Crippen MR) is 70.6 cm³/mol. The van der Waals surface area contributed by atoms with Crippen molar-refractivity contribution in [2.75, 3.05) is 23.0 Å². The first-order chi connectivity index (χ1) is 5.24. The molecule has 0 amide bonds. The van der Waals surface area contributed by atoms with Crippen LogP contribution in [-0.2, 0) is 0 Å². The van der Waals surface area contributed by atoms with Crippen LogP contribution in [0.2, 0.25) is 0 Å². The second-order valence-corrected chi connectivity index (χ2v) is 5.32. The fourth-order valence-corrected chi connectivity index (χ4v) is 2.94. The lowest BCUT2D eigenvalue weighted by Gasteiger charge is -2.13. The highest BCUT2D eigenvalue weighted by molar-refractivity contribution is 8.02. The number of rotatable bonds is 6. The highest BCUT2D eigenvalue weighted by Crippen LogP contribution is 2.17. The first-order valence-electron chi connectivity index (χ1n) is 3.36. The van der Waals surface area contributed by atoms with Crippen LogP contribution in [-0.4, -0.2) is 33.5 Å². The van der Waals surface area contributed by atoms with Crippen LogP contribution >= 0.6 is 62.3 Å². The fourth-order valence-electron chi connectivity index (χ4n) is 0.463. The molecule has 0 N–H and O–H groups in total. The van der Waals surface area contributed by atoms with Gasteiger partial charge < -0.3 is 0 Å². The van der Waals surface area contributed by atoms with Crippen LogP contribution in [0.5, 0.6) is 0 Å². The summed E-state index contributed by atoms with van der Waals surface area (Å²) >= 11 is 18.8. The van der Waals surface area contributed by atoms with Crippen molar-refractivity contribution in [3.05, 3.63) is 0 Å².